The fourth-order valence-corrected chi connectivity index (χ4v) is 6.50. The van der Waals surface area contributed by atoms with Crippen molar-refractivity contribution in [1.82, 2.24) is 4.90 Å². The van der Waals surface area contributed by atoms with Crippen LogP contribution in [0, 0.1) is 0 Å². The molecule has 1 aliphatic carbocycles. The van der Waals surface area contributed by atoms with Crippen LogP contribution >= 0.6 is 0 Å². The third-order valence-corrected chi connectivity index (χ3v) is 8.77. The molecule has 0 heterocycles. The number of anilines is 1. The van der Waals surface area contributed by atoms with E-state index in [1.807, 2.05) is 60.7 Å². The zero-order chi connectivity index (χ0) is 31.6. The number of hydrogen-bond acceptors (Lipinski definition) is 7. The van der Waals surface area contributed by atoms with E-state index in [1.165, 1.54) is 11.1 Å². The van der Waals surface area contributed by atoms with Crippen LogP contribution in [0.4, 0.5) is 5.69 Å². The van der Waals surface area contributed by atoms with E-state index in [-0.39, 0.29) is 24.7 Å². The van der Waals surface area contributed by atoms with Gasteiger partial charge in [-0.15, -0.1) is 0 Å². The van der Waals surface area contributed by atoms with Gasteiger partial charge in [-0.05, 0) is 72.6 Å². The maximum atomic E-state index is 12.1. The van der Waals surface area contributed by atoms with Gasteiger partial charge >= 0.3 is 0 Å². The lowest BCUT2D eigenvalue weighted by molar-refractivity contribution is 0.0384. The molecular formula is C36H42N2O6S. The Bertz CT molecular complexity index is 1590. The third-order valence-electron chi connectivity index (χ3n) is 8.18. The largest absolute Gasteiger partial charge is 0.508 e. The molecule has 238 valence electrons. The van der Waals surface area contributed by atoms with Gasteiger partial charge in [-0.3, -0.25) is 9.62 Å². The maximum absolute atomic E-state index is 12.1. The van der Waals surface area contributed by atoms with E-state index in [4.69, 9.17) is 9.47 Å². The predicted octanol–water partition coefficient (Wildman–Crippen LogP) is 6.31. The van der Waals surface area contributed by atoms with Crippen LogP contribution in [0.25, 0.3) is 0 Å². The van der Waals surface area contributed by atoms with E-state index in [1.54, 1.807) is 30.3 Å². The Morgan fingerprint density at radius 2 is 1.49 bits per heavy atom. The van der Waals surface area contributed by atoms with Gasteiger partial charge in [0, 0.05) is 25.2 Å². The van der Waals surface area contributed by atoms with Crippen molar-refractivity contribution >= 4 is 15.7 Å². The van der Waals surface area contributed by atoms with Crippen LogP contribution in [0.1, 0.15) is 48.3 Å². The second kappa shape index (κ2) is 15.3. The summed E-state index contributed by atoms with van der Waals surface area (Å²) in [6.45, 7) is 1.50. The number of nitrogens with zero attached hydrogens (tertiary/aromatic N) is 1. The maximum Gasteiger partial charge on any atom is 0.229 e. The SMILES string of the molecule is CS(=O)(=O)Nc1cc(OC[C@H](O)CN(Cc2ccccc2)C2CCC(c3ccc(O)cc3)CC2)ccc1OCc1ccccc1. The first-order chi connectivity index (χ1) is 21.7. The molecule has 0 amide bonds. The van der Waals surface area contributed by atoms with Crippen LogP contribution in [-0.2, 0) is 23.2 Å². The fraction of sp³-hybridized carbons (Fsp3) is 0.333. The summed E-state index contributed by atoms with van der Waals surface area (Å²) >= 11 is 0. The van der Waals surface area contributed by atoms with E-state index in [2.05, 4.69) is 21.8 Å². The molecule has 9 heteroatoms. The molecule has 3 N–H and O–H groups in total. The molecule has 0 radical (unpaired) electrons. The van der Waals surface area contributed by atoms with Gasteiger partial charge in [0.25, 0.3) is 0 Å². The van der Waals surface area contributed by atoms with Gasteiger partial charge in [-0.25, -0.2) is 8.42 Å². The number of aromatic hydroxyl groups is 1. The van der Waals surface area contributed by atoms with Crippen molar-refractivity contribution in [2.45, 2.75) is 56.9 Å². The highest BCUT2D eigenvalue weighted by Gasteiger charge is 2.28. The Balaban J connectivity index is 1.22. The number of benzene rings is 4. The quantitative estimate of drug-likeness (QED) is 0.150. The monoisotopic (exact) mass is 630 g/mol. The summed E-state index contributed by atoms with van der Waals surface area (Å²) in [6, 6.07) is 32.7. The highest BCUT2D eigenvalue weighted by Crippen LogP contribution is 2.36. The van der Waals surface area contributed by atoms with Crippen molar-refractivity contribution in [3.8, 4) is 17.2 Å². The number of phenolic OH excluding ortho intramolecular Hbond substituents is 1. The molecule has 1 aliphatic rings. The van der Waals surface area contributed by atoms with Crippen LogP contribution in [0.2, 0.25) is 0 Å². The second-order valence-electron chi connectivity index (χ2n) is 11.8. The third kappa shape index (κ3) is 9.97. The summed E-state index contributed by atoms with van der Waals surface area (Å²) in [5, 5.41) is 20.8. The van der Waals surface area contributed by atoms with Crippen LogP contribution in [0.3, 0.4) is 0 Å². The number of rotatable bonds is 14. The summed E-state index contributed by atoms with van der Waals surface area (Å²) in [4.78, 5) is 2.35. The number of nitrogens with one attached hydrogen (secondary N) is 1. The zero-order valence-corrected chi connectivity index (χ0v) is 26.4. The highest BCUT2D eigenvalue weighted by molar-refractivity contribution is 7.92. The Labute approximate surface area is 266 Å². The van der Waals surface area contributed by atoms with Crippen molar-refractivity contribution < 1.29 is 28.1 Å². The van der Waals surface area contributed by atoms with Crippen LogP contribution < -0.4 is 14.2 Å². The summed E-state index contributed by atoms with van der Waals surface area (Å²) < 4.78 is 38.6. The summed E-state index contributed by atoms with van der Waals surface area (Å²) in [7, 11) is -3.57. The summed E-state index contributed by atoms with van der Waals surface area (Å²) in [5.74, 6) is 1.56. The van der Waals surface area contributed by atoms with E-state index in [9.17, 15) is 18.6 Å². The minimum atomic E-state index is -3.57. The lowest BCUT2D eigenvalue weighted by atomic mass is 9.81. The van der Waals surface area contributed by atoms with Gasteiger partial charge in [0.2, 0.25) is 10.0 Å². The van der Waals surface area contributed by atoms with Gasteiger partial charge < -0.3 is 19.7 Å². The second-order valence-corrected chi connectivity index (χ2v) is 13.5. The molecule has 5 rings (SSSR count). The van der Waals surface area contributed by atoms with Crippen molar-refractivity contribution in [3.05, 3.63) is 120 Å². The van der Waals surface area contributed by atoms with Crippen LogP contribution in [0.5, 0.6) is 17.2 Å². The first-order valence-electron chi connectivity index (χ1n) is 15.4. The molecule has 0 aliphatic heterocycles. The number of sulfonamides is 1. The predicted molar refractivity (Wildman–Crippen MR) is 177 cm³/mol. The molecule has 1 saturated carbocycles. The van der Waals surface area contributed by atoms with E-state index in [0.29, 0.717) is 30.0 Å². The first-order valence-corrected chi connectivity index (χ1v) is 17.3. The number of phenols is 1. The molecule has 0 bridgehead atoms. The van der Waals surface area contributed by atoms with E-state index < -0.39 is 16.1 Å². The molecule has 4 aromatic carbocycles. The smallest absolute Gasteiger partial charge is 0.229 e. The summed E-state index contributed by atoms with van der Waals surface area (Å²) in [6.07, 6.45) is 4.44. The molecule has 0 aromatic heterocycles. The zero-order valence-electron chi connectivity index (χ0n) is 25.6. The van der Waals surface area contributed by atoms with E-state index >= 15 is 0 Å². The van der Waals surface area contributed by atoms with Crippen LogP contribution in [0.15, 0.2) is 103 Å². The molecule has 4 aromatic rings. The topological polar surface area (TPSA) is 108 Å². The Kier molecular flexibility index (Phi) is 11.0. The van der Waals surface area contributed by atoms with Crippen molar-refractivity contribution in [2.24, 2.45) is 0 Å². The standard InChI is InChI=1S/C36H42N2O6S/c1-45(41,42)37-35-22-34(20-21-36(35)44-25-28-10-6-3-7-11-28)43-26-33(40)24-38(23-27-8-4-2-5-9-27)31-16-12-29(13-17-31)30-14-18-32(39)19-15-30/h2-11,14-15,18-22,29,31,33,37,39-40H,12-13,16-17,23-26H2,1H3/t29?,31?,33-/m1/s1. The molecule has 0 saturated heterocycles. The fourth-order valence-electron chi connectivity index (χ4n) is 5.94. The number of aliphatic hydroxyl groups excluding tert-OH is 1. The molecular weight excluding hydrogens is 588 g/mol. The average Bonchev–Trinajstić information content (AvgIpc) is 3.04. The van der Waals surface area contributed by atoms with Gasteiger partial charge in [0.15, 0.2) is 0 Å². The van der Waals surface area contributed by atoms with Crippen molar-refractivity contribution in [2.75, 3.05) is 24.1 Å². The van der Waals surface area contributed by atoms with Gasteiger partial charge in [0.05, 0.1) is 11.9 Å². The van der Waals surface area contributed by atoms with Gasteiger partial charge in [0.1, 0.15) is 36.6 Å². The van der Waals surface area contributed by atoms with Crippen LogP contribution in [-0.4, -0.2) is 55.1 Å². The lowest BCUT2D eigenvalue weighted by Crippen LogP contribution is -2.43. The molecule has 1 atom stereocenters. The highest BCUT2D eigenvalue weighted by atomic mass is 32.2. The Morgan fingerprint density at radius 3 is 2.13 bits per heavy atom. The number of ether oxygens (including phenoxy) is 2. The van der Waals surface area contributed by atoms with Gasteiger partial charge in [-0.2, -0.15) is 0 Å². The van der Waals surface area contributed by atoms with Gasteiger partial charge in [-0.1, -0.05) is 72.8 Å². The Morgan fingerprint density at radius 1 is 0.844 bits per heavy atom. The minimum absolute atomic E-state index is 0.0523. The average molecular weight is 631 g/mol. The van der Waals surface area contributed by atoms with Crippen molar-refractivity contribution in [1.29, 1.82) is 0 Å². The summed E-state index contributed by atoms with van der Waals surface area (Å²) in [5.41, 5.74) is 3.68. The Hall–Kier alpha value is -4.05. The van der Waals surface area contributed by atoms with E-state index in [0.717, 1.165) is 44.0 Å². The normalized spacial score (nSPS) is 17.5. The minimum Gasteiger partial charge on any atom is -0.508 e. The van der Waals surface area contributed by atoms with Crippen molar-refractivity contribution in [3.63, 3.8) is 0 Å². The first kappa shape index (κ1) is 32.3. The molecule has 1 fully saturated rings. The molecule has 0 spiro atoms. The lowest BCUT2D eigenvalue weighted by Gasteiger charge is -2.38. The molecule has 0 unspecified atom stereocenters. The molecule has 8 nitrogen and oxygen atoms in total. The number of hydrogen-bond donors (Lipinski definition) is 3. The molecule has 45 heavy (non-hydrogen) atoms. The number of aliphatic hydroxyl groups is 1.